The van der Waals surface area contributed by atoms with Crippen LogP contribution < -0.4 is 0 Å². The summed E-state index contributed by atoms with van der Waals surface area (Å²) < 4.78 is 16.7. The van der Waals surface area contributed by atoms with Gasteiger partial charge >= 0.3 is 251 Å². The molecule has 0 atom stereocenters. The second-order valence-electron chi connectivity index (χ2n) is 16.6. The van der Waals surface area contributed by atoms with E-state index in [0.717, 1.165) is 77.0 Å². The summed E-state index contributed by atoms with van der Waals surface area (Å²) in [5, 5.41) is 0. The van der Waals surface area contributed by atoms with Crippen molar-refractivity contribution < 1.29 is 22.8 Å². The molecule has 0 aromatic carbocycles. The topological polar surface area (TPSA) is 78.9 Å². The van der Waals surface area contributed by atoms with Gasteiger partial charge in [-0.2, -0.15) is 0 Å². The summed E-state index contributed by atoms with van der Waals surface area (Å²) in [6.07, 6.45) is 79.9. The summed E-state index contributed by atoms with van der Waals surface area (Å²) in [6.45, 7) is 6.69. The molecule has 0 aliphatic heterocycles. The molecule has 6 nitrogen and oxygen atoms in total. The molecule has 0 rings (SSSR count). The summed E-state index contributed by atoms with van der Waals surface area (Å²) in [6, 6.07) is 0. The molecule has 0 aromatic rings. The molecule has 0 bridgehead atoms. The van der Waals surface area contributed by atoms with E-state index in [1.165, 1.54) is 77.0 Å². The molecular weight excluding hydrogens is 1030 g/mol. The third-order valence-corrected chi connectivity index (χ3v) is 14.3. The Balaban J connectivity index is 4.73. The molecule has 0 saturated heterocycles. The SMILES string of the molecule is CCCCC/C=C\C/C=C\C/C=C\C/C=C\CCCC(=O)[O][Bi]([O]C(=O)CCC/C=C\C/C=C\C/C=C\C/C=C\CCCCC)[O]C(=O)CCC/C=C\C/C=C\C/C=C\C/C=C\CCCCC. The summed E-state index contributed by atoms with van der Waals surface area (Å²) in [5.41, 5.74) is 0. The summed E-state index contributed by atoms with van der Waals surface area (Å²) in [7, 11) is 0. The first-order valence-corrected chi connectivity index (χ1v) is 30.5. The zero-order valence-electron chi connectivity index (χ0n) is 42.5. The summed E-state index contributed by atoms with van der Waals surface area (Å²) in [5.74, 6) is -1.47. The molecule has 0 aromatic heterocycles. The fourth-order valence-corrected chi connectivity index (χ4v) is 9.66. The second-order valence-corrected chi connectivity index (χ2v) is 20.4. The number of rotatable bonds is 45. The van der Waals surface area contributed by atoms with Gasteiger partial charge in [-0.1, -0.05) is 114 Å². The van der Waals surface area contributed by atoms with Crippen LogP contribution in [0.25, 0.3) is 0 Å². The van der Waals surface area contributed by atoms with Crippen molar-refractivity contribution in [1.82, 2.24) is 0 Å². The van der Waals surface area contributed by atoms with Crippen molar-refractivity contribution in [2.45, 2.75) is 213 Å². The molecule has 67 heavy (non-hydrogen) atoms. The van der Waals surface area contributed by atoms with Crippen LogP contribution in [-0.2, 0) is 22.8 Å². The van der Waals surface area contributed by atoms with Crippen molar-refractivity contribution in [3.05, 3.63) is 146 Å². The van der Waals surface area contributed by atoms with E-state index in [1.807, 2.05) is 0 Å². The van der Waals surface area contributed by atoms with Crippen molar-refractivity contribution in [3.63, 3.8) is 0 Å². The minimum Gasteiger partial charge on any atom is -0.0882 e. The summed E-state index contributed by atoms with van der Waals surface area (Å²) in [4.78, 5) is 38.4. The molecule has 0 spiro atoms. The Morgan fingerprint density at radius 3 is 0.642 bits per heavy atom. The van der Waals surface area contributed by atoms with Gasteiger partial charge in [0.1, 0.15) is 0 Å². The van der Waals surface area contributed by atoms with E-state index in [-0.39, 0.29) is 19.3 Å². The van der Waals surface area contributed by atoms with Gasteiger partial charge in [0.2, 0.25) is 0 Å². The Morgan fingerprint density at radius 1 is 0.269 bits per heavy atom. The number of allylic oxidation sites excluding steroid dienone is 24. The average molecular weight is 1120 g/mol. The van der Waals surface area contributed by atoms with Crippen molar-refractivity contribution in [3.8, 4) is 0 Å². The fourth-order valence-electron chi connectivity index (χ4n) is 6.22. The van der Waals surface area contributed by atoms with E-state index >= 15 is 0 Å². The minimum atomic E-state index is -4.13. The fraction of sp³-hybridized carbons (Fsp3) is 0.550. The zero-order valence-corrected chi connectivity index (χ0v) is 45.9. The van der Waals surface area contributed by atoms with Crippen molar-refractivity contribution in [1.29, 1.82) is 0 Å². The van der Waals surface area contributed by atoms with Crippen molar-refractivity contribution in [2.75, 3.05) is 0 Å². The zero-order chi connectivity index (χ0) is 48.6. The van der Waals surface area contributed by atoms with Gasteiger partial charge in [0, 0.05) is 0 Å². The Labute approximate surface area is 420 Å². The third kappa shape index (κ3) is 53.0. The van der Waals surface area contributed by atoms with Gasteiger partial charge in [0.05, 0.1) is 0 Å². The number of hydrogen-bond acceptors (Lipinski definition) is 6. The molecule has 0 aliphatic rings. The van der Waals surface area contributed by atoms with Crippen LogP contribution in [-0.4, -0.2) is 41.0 Å². The van der Waals surface area contributed by atoms with Crippen LogP contribution in [0.3, 0.4) is 0 Å². The van der Waals surface area contributed by atoms with Gasteiger partial charge in [-0.15, -0.1) is 0 Å². The number of carbonyl (C=O) groups excluding carboxylic acids is 3. The van der Waals surface area contributed by atoms with Crippen LogP contribution in [0.4, 0.5) is 0 Å². The average Bonchev–Trinajstić information content (AvgIpc) is 3.32. The van der Waals surface area contributed by atoms with E-state index in [4.69, 9.17) is 8.44 Å². The first-order valence-electron chi connectivity index (χ1n) is 26.3. The Morgan fingerprint density at radius 2 is 0.448 bits per heavy atom. The number of carbonyl (C=O) groups is 3. The monoisotopic (exact) mass is 1120 g/mol. The maximum absolute atomic E-state index is 12.8. The molecular formula is C60H93BiO6. The third-order valence-electron chi connectivity index (χ3n) is 10.2. The molecule has 0 amide bonds. The molecule has 0 fully saturated rings. The van der Waals surface area contributed by atoms with Crippen LogP contribution in [0.15, 0.2) is 146 Å². The van der Waals surface area contributed by atoms with Gasteiger partial charge in [-0.3, -0.25) is 0 Å². The molecule has 0 N–H and O–H groups in total. The minimum absolute atomic E-state index is 0.164. The van der Waals surface area contributed by atoms with Crippen LogP contribution in [0.2, 0.25) is 0 Å². The van der Waals surface area contributed by atoms with E-state index in [1.54, 1.807) is 0 Å². The maximum atomic E-state index is 12.8. The summed E-state index contributed by atoms with van der Waals surface area (Å²) >= 11 is -4.13. The van der Waals surface area contributed by atoms with E-state index in [9.17, 15) is 14.4 Å². The molecule has 7 heteroatoms. The van der Waals surface area contributed by atoms with Gasteiger partial charge in [0.15, 0.2) is 0 Å². The Kier molecular flexibility index (Phi) is 51.6. The first kappa shape index (κ1) is 63.2. The van der Waals surface area contributed by atoms with Crippen molar-refractivity contribution in [2.24, 2.45) is 0 Å². The molecule has 0 unspecified atom stereocenters. The van der Waals surface area contributed by atoms with Gasteiger partial charge in [0.25, 0.3) is 0 Å². The van der Waals surface area contributed by atoms with Crippen molar-refractivity contribution >= 4 is 41.0 Å². The predicted octanol–water partition coefficient (Wildman–Crippen LogP) is 18.0. The van der Waals surface area contributed by atoms with Gasteiger partial charge in [-0.25, -0.2) is 0 Å². The predicted molar refractivity (Wildman–Crippen MR) is 289 cm³/mol. The molecule has 0 heterocycles. The molecule has 0 radical (unpaired) electrons. The van der Waals surface area contributed by atoms with E-state index in [0.29, 0.717) is 19.3 Å². The molecule has 374 valence electrons. The normalized spacial score (nSPS) is 12.9. The first-order chi connectivity index (χ1) is 33.0. The van der Waals surface area contributed by atoms with Crippen LogP contribution in [0.5, 0.6) is 0 Å². The second kappa shape index (κ2) is 54.8. The van der Waals surface area contributed by atoms with E-state index < -0.39 is 41.0 Å². The van der Waals surface area contributed by atoms with Crippen LogP contribution in [0, 0.1) is 0 Å². The Hall–Kier alpha value is -3.83. The Bertz CT molecular complexity index is 1350. The molecule has 0 aliphatic carbocycles. The number of unbranched alkanes of at least 4 members (excludes halogenated alkanes) is 12. The molecule has 0 saturated carbocycles. The van der Waals surface area contributed by atoms with Gasteiger partial charge in [-0.05, 0) is 57.8 Å². The van der Waals surface area contributed by atoms with Crippen LogP contribution >= 0.6 is 0 Å². The van der Waals surface area contributed by atoms with Crippen LogP contribution in [0.1, 0.15) is 213 Å². The van der Waals surface area contributed by atoms with Gasteiger partial charge < -0.3 is 0 Å². The standard InChI is InChI=1S/3C20H32O2.Bi/c3*1-2-3-4-5-6-7-8-9-10-11-12-13-14-15-16-17-18-19-20(21)22;/h3*6-7,9-10,12-13,15-16H,2-5,8,11,14,17-19H2,1H3,(H,21,22);/q;;;+3/p-3/b3*7-6-,10-9-,13-12-,16-15-;. The quantitative estimate of drug-likeness (QED) is 0.0343. The number of hydrogen-bond donors (Lipinski definition) is 0. The smallest absolute Gasteiger partial charge is 0.0882 e. The van der Waals surface area contributed by atoms with E-state index in [2.05, 4.69) is 167 Å².